The summed E-state index contributed by atoms with van der Waals surface area (Å²) in [5.41, 5.74) is 7.12. The number of hydrogen-bond acceptors (Lipinski definition) is 5. The molecule has 2 N–H and O–H groups in total. The maximum absolute atomic E-state index is 10.9. The van der Waals surface area contributed by atoms with Crippen LogP contribution < -0.4 is 10.5 Å². The SMILES string of the molecule is Cc1ccc([N+](=O)[O-])c(OCc2ccc(N)nc2)c1. The number of anilines is 1. The van der Waals surface area contributed by atoms with Crippen LogP contribution in [0.4, 0.5) is 11.5 Å². The van der Waals surface area contributed by atoms with Gasteiger partial charge in [0.05, 0.1) is 4.92 Å². The van der Waals surface area contributed by atoms with Gasteiger partial charge in [0.1, 0.15) is 12.4 Å². The molecule has 2 aromatic rings. The minimum absolute atomic E-state index is 0.0472. The van der Waals surface area contributed by atoms with Crippen molar-refractivity contribution in [2.45, 2.75) is 13.5 Å². The lowest BCUT2D eigenvalue weighted by Crippen LogP contribution is -2.00. The Bertz CT molecular complexity index is 597. The number of nitro groups is 1. The van der Waals surface area contributed by atoms with E-state index in [1.54, 1.807) is 30.5 Å². The molecule has 1 heterocycles. The third-order valence-corrected chi connectivity index (χ3v) is 2.55. The van der Waals surface area contributed by atoms with Gasteiger partial charge in [0.15, 0.2) is 5.75 Å². The summed E-state index contributed by atoms with van der Waals surface area (Å²) in [6, 6.07) is 8.18. The molecule has 19 heavy (non-hydrogen) atoms. The monoisotopic (exact) mass is 259 g/mol. The lowest BCUT2D eigenvalue weighted by molar-refractivity contribution is -0.386. The lowest BCUT2D eigenvalue weighted by atomic mass is 10.2. The molecule has 0 aliphatic heterocycles. The van der Waals surface area contributed by atoms with Gasteiger partial charge in [-0.05, 0) is 24.6 Å². The predicted molar refractivity (Wildman–Crippen MR) is 70.8 cm³/mol. The molecule has 2 rings (SSSR count). The Morgan fingerprint density at radius 1 is 1.37 bits per heavy atom. The van der Waals surface area contributed by atoms with Crippen molar-refractivity contribution in [1.29, 1.82) is 0 Å². The molecule has 1 aromatic carbocycles. The first-order chi connectivity index (χ1) is 9.06. The first-order valence-corrected chi connectivity index (χ1v) is 5.64. The Hall–Kier alpha value is -2.63. The number of aromatic nitrogens is 1. The largest absolute Gasteiger partial charge is 0.482 e. The molecule has 0 unspecified atom stereocenters. The lowest BCUT2D eigenvalue weighted by Gasteiger charge is -2.07. The Morgan fingerprint density at radius 3 is 2.79 bits per heavy atom. The van der Waals surface area contributed by atoms with Gasteiger partial charge in [-0.15, -0.1) is 0 Å². The third-order valence-electron chi connectivity index (χ3n) is 2.55. The molecular weight excluding hydrogens is 246 g/mol. The molecule has 0 spiro atoms. The van der Waals surface area contributed by atoms with Crippen LogP contribution in [-0.4, -0.2) is 9.91 Å². The number of nitro benzene ring substituents is 1. The molecule has 0 saturated carbocycles. The standard InChI is InChI=1S/C13H13N3O3/c1-9-2-4-11(16(17)18)12(6-9)19-8-10-3-5-13(14)15-7-10/h2-7H,8H2,1H3,(H2,14,15). The van der Waals surface area contributed by atoms with Gasteiger partial charge in [-0.3, -0.25) is 10.1 Å². The van der Waals surface area contributed by atoms with E-state index in [2.05, 4.69) is 4.98 Å². The van der Waals surface area contributed by atoms with Crippen molar-refractivity contribution in [1.82, 2.24) is 4.98 Å². The highest BCUT2D eigenvalue weighted by Gasteiger charge is 2.14. The van der Waals surface area contributed by atoms with Crippen molar-refractivity contribution in [3.63, 3.8) is 0 Å². The highest BCUT2D eigenvalue weighted by Crippen LogP contribution is 2.28. The molecule has 98 valence electrons. The molecule has 0 aliphatic carbocycles. The highest BCUT2D eigenvalue weighted by atomic mass is 16.6. The summed E-state index contributed by atoms with van der Waals surface area (Å²) in [5, 5.41) is 10.9. The smallest absolute Gasteiger partial charge is 0.310 e. The van der Waals surface area contributed by atoms with Crippen LogP contribution in [0.3, 0.4) is 0 Å². The average Bonchev–Trinajstić information content (AvgIpc) is 2.38. The summed E-state index contributed by atoms with van der Waals surface area (Å²) in [4.78, 5) is 14.4. The Labute approximate surface area is 110 Å². The van der Waals surface area contributed by atoms with Crippen LogP contribution in [0.25, 0.3) is 0 Å². The van der Waals surface area contributed by atoms with Gasteiger partial charge in [-0.25, -0.2) is 4.98 Å². The molecule has 0 radical (unpaired) electrons. The van der Waals surface area contributed by atoms with Gasteiger partial charge in [-0.2, -0.15) is 0 Å². The van der Waals surface area contributed by atoms with Gasteiger partial charge in [-0.1, -0.05) is 12.1 Å². The fraction of sp³-hybridized carbons (Fsp3) is 0.154. The molecule has 0 amide bonds. The second kappa shape index (κ2) is 5.34. The summed E-state index contributed by atoms with van der Waals surface area (Å²) in [5.74, 6) is 0.673. The number of hydrogen-bond donors (Lipinski definition) is 1. The van der Waals surface area contributed by atoms with Gasteiger partial charge < -0.3 is 10.5 Å². The van der Waals surface area contributed by atoms with E-state index >= 15 is 0 Å². The van der Waals surface area contributed by atoms with E-state index in [9.17, 15) is 10.1 Å². The Morgan fingerprint density at radius 2 is 2.16 bits per heavy atom. The van der Waals surface area contributed by atoms with Gasteiger partial charge in [0.25, 0.3) is 0 Å². The normalized spacial score (nSPS) is 10.2. The zero-order valence-corrected chi connectivity index (χ0v) is 10.4. The first kappa shape index (κ1) is 12.8. The maximum atomic E-state index is 10.9. The molecule has 1 aromatic heterocycles. The van der Waals surface area contributed by atoms with Gasteiger partial charge >= 0.3 is 5.69 Å². The van der Waals surface area contributed by atoms with Crippen molar-refractivity contribution in [2.75, 3.05) is 5.73 Å². The quantitative estimate of drug-likeness (QED) is 0.672. The molecular formula is C13H13N3O3. The predicted octanol–water partition coefficient (Wildman–Crippen LogP) is 2.46. The highest BCUT2D eigenvalue weighted by molar-refractivity contribution is 5.48. The number of rotatable bonds is 4. The molecule has 6 nitrogen and oxygen atoms in total. The van der Waals surface area contributed by atoms with E-state index in [0.29, 0.717) is 5.82 Å². The van der Waals surface area contributed by atoms with Crippen LogP contribution in [0.1, 0.15) is 11.1 Å². The van der Waals surface area contributed by atoms with E-state index < -0.39 is 4.92 Å². The number of nitrogens with two attached hydrogens (primary N) is 1. The summed E-state index contributed by atoms with van der Waals surface area (Å²) >= 11 is 0. The van der Waals surface area contributed by atoms with Crippen molar-refractivity contribution in [3.05, 3.63) is 57.8 Å². The van der Waals surface area contributed by atoms with E-state index in [-0.39, 0.29) is 18.0 Å². The van der Waals surface area contributed by atoms with Gasteiger partial charge in [0.2, 0.25) is 0 Å². The summed E-state index contributed by atoms with van der Waals surface area (Å²) in [7, 11) is 0. The topological polar surface area (TPSA) is 91.3 Å². The number of benzene rings is 1. The van der Waals surface area contributed by atoms with Crippen LogP contribution in [0, 0.1) is 17.0 Å². The van der Waals surface area contributed by atoms with Crippen LogP contribution in [0.15, 0.2) is 36.5 Å². The number of ether oxygens (including phenoxy) is 1. The second-order valence-electron chi connectivity index (χ2n) is 4.11. The van der Waals surface area contributed by atoms with E-state index in [4.69, 9.17) is 10.5 Å². The zero-order valence-electron chi connectivity index (χ0n) is 10.4. The molecule has 0 bridgehead atoms. The van der Waals surface area contributed by atoms with E-state index in [1.807, 2.05) is 6.92 Å². The van der Waals surface area contributed by atoms with Crippen molar-refractivity contribution >= 4 is 11.5 Å². The number of pyridine rings is 1. The zero-order chi connectivity index (χ0) is 13.8. The maximum Gasteiger partial charge on any atom is 0.310 e. The van der Waals surface area contributed by atoms with Crippen LogP contribution in [-0.2, 0) is 6.61 Å². The van der Waals surface area contributed by atoms with Gasteiger partial charge in [0, 0.05) is 17.8 Å². The Balaban J connectivity index is 2.16. The minimum atomic E-state index is -0.462. The van der Waals surface area contributed by atoms with Crippen LogP contribution in [0.5, 0.6) is 5.75 Å². The van der Waals surface area contributed by atoms with Crippen molar-refractivity contribution in [3.8, 4) is 5.75 Å². The van der Waals surface area contributed by atoms with Crippen molar-refractivity contribution < 1.29 is 9.66 Å². The minimum Gasteiger partial charge on any atom is -0.482 e. The number of nitrogens with zero attached hydrogens (tertiary/aromatic N) is 2. The van der Waals surface area contributed by atoms with E-state index in [1.165, 1.54) is 6.07 Å². The third kappa shape index (κ3) is 3.19. The second-order valence-corrected chi connectivity index (χ2v) is 4.11. The first-order valence-electron chi connectivity index (χ1n) is 5.64. The average molecular weight is 259 g/mol. The molecule has 0 fully saturated rings. The summed E-state index contributed by atoms with van der Waals surface area (Å²) < 4.78 is 5.48. The van der Waals surface area contributed by atoms with E-state index in [0.717, 1.165) is 11.1 Å². The fourth-order valence-corrected chi connectivity index (χ4v) is 1.57. The van der Waals surface area contributed by atoms with Crippen LogP contribution in [0.2, 0.25) is 0 Å². The molecule has 0 aliphatic rings. The molecule has 0 atom stereocenters. The molecule has 0 saturated heterocycles. The fourth-order valence-electron chi connectivity index (χ4n) is 1.57. The molecule has 6 heteroatoms. The number of aryl methyl sites for hydroxylation is 1. The number of nitrogen functional groups attached to an aromatic ring is 1. The Kier molecular flexibility index (Phi) is 3.61. The van der Waals surface area contributed by atoms with Crippen molar-refractivity contribution in [2.24, 2.45) is 0 Å². The van der Waals surface area contributed by atoms with Crippen LogP contribution >= 0.6 is 0 Å². The summed E-state index contributed by atoms with van der Waals surface area (Å²) in [6.07, 6.45) is 1.58. The summed E-state index contributed by atoms with van der Waals surface area (Å²) in [6.45, 7) is 2.05.